The molecule has 1 aromatic heterocycles. The number of carbonyl (C=O) groups excluding carboxylic acids is 1. The molecule has 1 amide bonds. The molecule has 0 fully saturated rings. The molecule has 31 heavy (non-hydrogen) atoms. The van der Waals surface area contributed by atoms with Crippen molar-refractivity contribution in [3.8, 4) is 0 Å². The van der Waals surface area contributed by atoms with Gasteiger partial charge in [-0.25, -0.2) is 0 Å². The number of benzene rings is 3. The molecule has 2 heterocycles. The Bertz CT molecular complexity index is 1430. The summed E-state index contributed by atoms with van der Waals surface area (Å²) in [5.74, 6) is -0.281. The van der Waals surface area contributed by atoms with Gasteiger partial charge in [-0.15, -0.1) is 0 Å². The van der Waals surface area contributed by atoms with E-state index in [1.54, 1.807) is 29.2 Å². The molecule has 1 aliphatic rings. The molecule has 0 N–H and O–H groups in total. The van der Waals surface area contributed by atoms with E-state index in [0.29, 0.717) is 27.2 Å². The Morgan fingerprint density at radius 2 is 1.68 bits per heavy atom. The van der Waals surface area contributed by atoms with Gasteiger partial charge in [0.15, 0.2) is 5.43 Å². The van der Waals surface area contributed by atoms with E-state index in [2.05, 4.69) is 15.9 Å². The second-order valence-corrected chi connectivity index (χ2v) is 9.07. The van der Waals surface area contributed by atoms with Gasteiger partial charge in [0.1, 0.15) is 5.58 Å². The van der Waals surface area contributed by atoms with E-state index in [1.165, 1.54) is 0 Å². The maximum atomic E-state index is 13.6. The number of hydrogen-bond acceptors (Lipinski definition) is 3. The Labute approximate surface area is 192 Å². The van der Waals surface area contributed by atoms with Gasteiger partial charge in [0.25, 0.3) is 5.91 Å². The van der Waals surface area contributed by atoms with Crippen LogP contribution in [-0.4, -0.2) is 5.91 Å². The maximum Gasteiger partial charge on any atom is 0.295 e. The monoisotopic (exact) mass is 493 g/mol. The zero-order valence-electron chi connectivity index (χ0n) is 16.8. The van der Waals surface area contributed by atoms with Crippen LogP contribution in [-0.2, 0) is 0 Å². The third-order valence-electron chi connectivity index (χ3n) is 5.76. The molecule has 6 heteroatoms. The van der Waals surface area contributed by atoms with Gasteiger partial charge >= 0.3 is 0 Å². The van der Waals surface area contributed by atoms with Crippen molar-refractivity contribution in [3.05, 3.63) is 108 Å². The Hall–Kier alpha value is -2.89. The van der Waals surface area contributed by atoms with Crippen LogP contribution in [0.1, 0.15) is 38.9 Å². The van der Waals surface area contributed by atoms with Gasteiger partial charge in [-0.05, 0) is 73.0 Å². The molecule has 5 rings (SSSR count). The lowest BCUT2D eigenvalue weighted by Crippen LogP contribution is -2.29. The van der Waals surface area contributed by atoms with Crippen molar-refractivity contribution in [3.63, 3.8) is 0 Å². The first-order valence-electron chi connectivity index (χ1n) is 9.77. The smallest absolute Gasteiger partial charge is 0.295 e. The summed E-state index contributed by atoms with van der Waals surface area (Å²) in [4.78, 5) is 28.8. The molecule has 0 radical (unpaired) electrons. The first kappa shape index (κ1) is 20.0. The van der Waals surface area contributed by atoms with Gasteiger partial charge in [0.2, 0.25) is 5.76 Å². The second kappa shape index (κ2) is 7.36. The van der Waals surface area contributed by atoms with E-state index in [4.69, 9.17) is 16.0 Å². The number of aryl methyl sites for hydroxylation is 2. The molecule has 4 aromatic rings. The molecule has 0 bridgehead atoms. The number of anilines is 1. The minimum absolute atomic E-state index is 0.0775. The standard InChI is InChI=1S/C25H17BrClNO3/c1-13-10-19-20(11-14(13)2)31-24-21(23(19)29)22(15-6-8-16(26)9-7-15)28(25(24)30)18-5-3-4-17(27)12-18/h3-12,22H,1-2H3. The van der Waals surface area contributed by atoms with Crippen molar-refractivity contribution in [1.29, 1.82) is 0 Å². The highest BCUT2D eigenvalue weighted by molar-refractivity contribution is 9.10. The van der Waals surface area contributed by atoms with Crippen LogP contribution in [0.4, 0.5) is 5.69 Å². The Morgan fingerprint density at radius 1 is 0.968 bits per heavy atom. The molecule has 0 spiro atoms. The van der Waals surface area contributed by atoms with E-state index in [1.807, 2.05) is 50.2 Å². The van der Waals surface area contributed by atoms with Crippen LogP contribution in [0.5, 0.6) is 0 Å². The molecule has 1 aliphatic heterocycles. The molecule has 1 atom stereocenters. The first-order chi connectivity index (χ1) is 14.8. The lowest BCUT2D eigenvalue weighted by atomic mass is 9.97. The SMILES string of the molecule is Cc1cc2oc3c(c(=O)c2cc1C)C(c1ccc(Br)cc1)N(c1cccc(Cl)c1)C3=O. The minimum Gasteiger partial charge on any atom is -0.450 e. The number of nitrogens with zero attached hydrogens (tertiary/aromatic N) is 1. The molecule has 4 nitrogen and oxygen atoms in total. The van der Waals surface area contributed by atoms with Crippen molar-refractivity contribution in [2.45, 2.75) is 19.9 Å². The first-order valence-corrected chi connectivity index (χ1v) is 10.9. The number of rotatable bonds is 2. The summed E-state index contributed by atoms with van der Waals surface area (Å²) in [7, 11) is 0. The summed E-state index contributed by atoms with van der Waals surface area (Å²) in [6, 6.07) is 17.7. The number of hydrogen-bond donors (Lipinski definition) is 0. The number of carbonyl (C=O) groups is 1. The summed E-state index contributed by atoms with van der Waals surface area (Å²) < 4.78 is 6.97. The highest BCUT2D eigenvalue weighted by Gasteiger charge is 2.43. The molecule has 3 aromatic carbocycles. The molecule has 0 saturated carbocycles. The lowest BCUT2D eigenvalue weighted by Gasteiger charge is -2.25. The molecule has 1 unspecified atom stereocenters. The lowest BCUT2D eigenvalue weighted by molar-refractivity contribution is 0.0971. The van der Waals surface area contributed by atoms with Crippen molar-refractivity contribution < 1.29 is 9.21 Å². The van der Waals surface area contributed by atoms with Gasteiger partial charge in [-0.3, -0.25) is 14.5 Å². The van der Waals surface area contributed by atoms with Crippen molar-refractivity contribution in [2.24, 2.45) is 0 Å². The van der Waals surface area contributed by atoms with Gasteiger partial charge in [-0.2, -0.15) is 0 Å². The predicted molar refractivity (Wildman–Crippen MR) is 126 cm³/mol. The molecule has 154 valence electrons. The van der Waals surface area contributed by atoms with Gasteiger partial charge < -0.3 is 4.42 Å². The van der Waals surface area contributed by atoms with E-state index >= 15 is 0 Å². The fourth-order valence-electron chi connectivity index (χ4n) is 4.08. The predicted octanol–water partition coefficient (Wildman–Crippen LogP) is 6.58. The van der Waals surface area contributed by atoms with Crippen LogP contribution >= 0.6 is 27.5 Å². The normalized spacial score (nSPS) is 15.5. The van der Waals surface area contributed by atoms with Crippen molar-refractivity contribution in [1.82, 2.24) is 0 Å². The minimum atomic E-state index is -0.615. The third-order valence-corrected chi connectivity index (χ3v) is 6.52. The van der Waals surface area contributed by atoms with Crippen LogP contribution in [0.25, 0.3) is 11.0 Å². The number of fused-ring (bicyclic) bond motifs is 2. The third kappa shape index (κ3) is 3.20. The van der Waals surface area contributed by atoms with E-state index < -0.39 is 6.04 Å². The zero-order valence-corrected chi connectivity index (χ0v) is 19.1. The number of halogens is 2. The second-order valence-electron chi connectivity index (χ2n) is 7.72. The summed E-state index contributed by atoms with van der Waals surface area (Å²) in [5.41, 5.74) is 3.99. The zero-order chi connectivity index (χ0) is 21.9. The van der Waals surface area contributed by atoms with E-state index in [-0.39, 0.29) is 17.1 Å². The summed E-state index contributed by atoms with van der Waals surface area (Å²) in [5, 5.41) is 0.983. The van der Waals surface area contributed by atoms with Crippen LogP contribution < -0.4 is 10.3 Å². The highest BCUT2D eigenvalue weighted by Crippen LogP contribution is 2.42. The van der Waals surface area contributed by atoms with E-state index in [9.17, 15) is 9.59 Å². The average Bonchev–Trinajstić information content (AvgIpc) is 3.03. The Morgan fingerprint density at radius 3 is 2.39 bits per heavy atom. The van der Waals surface area contributed by atoms with Crippen molar-refractivity contribution >= 4 is 50.1 Å². The Kier molecular flexibility index (Phi) is 4.76. The van der Waals surface area contributed by atoms with Gasteiger partial charge in [0.05, 0.1) is 17.0 Å². The van der Waals surface area contributed by atoms with Crippen LogP contribution in [0.3, 0.4) is 0 Å². The molecule has 0 saturated heterocycles. The van der Waals surface area contributed by atoms with Crippen LogP contribution in [0.15, 0.2) is 74.3 Å². The summed E-state index contributed by atoms with van der Waals surface area (Å²) in [6.45, 7) is 3.91. The Balaban J connectivity index is 1.83. The summed E-state index contributed by atoms with van der Waals surface area (Å²) >= 11 is 9.67. The van der Waals surface area contributed by atoms with Gasteiger partial charge in [-0.1, -0.05) is 45.7 Å². The fraction of sp³-hybridized carbons (Fsp3) is 0.120. The van der Waals surface area contributed by atoms with Crippen LogP contribution in [0, 0.1) is 13.8 Å². The van der Waals surface area contributed by atoms with Crippen LogP contribution in [0.2, 0.25) is 5.02 Å². The number of amides is 1. The quantitative estimate of drug-likeness (QED) is 0.316. The maximum absolute atomic E-state index is 13.6. The average molecular weight is 495 g/mol. The van der Waals surface area contributed by atoms with Gasteiger partial charge in [0, 0.05) is 15.2 Å². The highest BCUT2D eigenvalue weighted by atomic mass is 79.9. The largest absolute Gasteiger partial charge is 0.450 e. The summed E-state index contributed by atoms with van der Waals surface area (Å²) in [6.07, 6.45) is 0. The molecular weight excluding hydrogens is 478 g/mol. The molecule has 0 aliphatic carbocycles. The van der Waals surface area contributed by atoms with Crippen molar-refractivity contribution in [2.75, 3.05) is 4.90 Å². The van der Waals surface area contributed by atoms with E-state index in [0.717, 1.165) is 21.2 Å². The topological polar surface area (TPSA) is 50.5 Å². The fourth-order valence-corrected chi connectivity index (χ4v) is 4.53. The molecular formula is C25H17BrClNO3.